The Kier molecular flexibility index (Phi) is 5.64. The van der Waals surface area contributed by atoms with E-state index in [1.807, 2.05) is 11.5 Å². The van der Waals surface area contributed by atoms with Crippen molar-refractivity contribution in [2.45, 2.75) is 40.3 Å². The molecule has 5 heteroatoms. The van der Waals surface area contributed by atoms with Crippen molar-refractivity contribution in [2.75, 3.05) is 26.8 Å². The van der Waals surface area contributed by atoms with E-state index in [1.165, 1.54) is 12.5 Å². The molecule has 1 aliphatic rings. The van der Waals surface area contributed by atoms with Gasteiger partial charge in [0.05, 0.1) is 12.3 Å². The molecule has 0 spiro atoms. The number of ether oxygens (including phenoxy) is 1. The Morgan fingerprint density at radius 2 is 1.95 bits per heavy atom. The zero-order chi connectivity index (χ0) is 16.3. The lowest BCUT2D eigenvalue weighted by molar-refractivity contribution is 0.128. The molecule has 2 atom stereocenters. The predicted octanol–water partition coefficient (Wildman–Crippen LogP) is 1.99. The van der Waals surface area contributed by atoms with E-state index in [1.54, 1.807) is 7.11 Å². The van der Waals surface area contributed by atoms with E-state index in [4.69, 9.17) is 4.74 Å². The van der Waals surface area contributed by atoms with E-state index < -0.39 is 0 Å². The second kappa shape index (κ2) is 7.29. The van der Waals surface area contributed by atoms with Gasteiger partial charge in [0.1, 0.15) is 0 Å². The fourth-order valence-electron chi connectivity index (χ4n) is 3.61. The summed E-state index contributed by atoms with van der Waals surface area (Å²) in [5.74, 6) is 1.18. The molecule has 22 heavy (non-hydrogen) atoms. The van der Waals surface area contributed by atoms with Gasteiger partial charge in [-0.15, -0.1) is 0 Å². The van der Waals surface area contributed by atoms with Gasteiger partial charge < -0.3 is 14.4 Å². The normalized spacial score (nSPS) is 22.9. The molecule has 2 rings (SSSR count). The Labute approximate surface area is 132 Å². The van der Waals surface area contributed by atoms with Crippen LogP contribution in [0.5, 0.6) is 5.75 Å². The number of nitrogens with zero attached hydrogens (tertiary/aromatic N) is 2. The minimum atomic E-state index is -0.292. The SMILES string of the molecule is COCCn1c(C)cc(=O)c(O)c1CN1CC(C)CC(C)C1. The fourth-order valence-corrected chi connectivity index (χ4v) is 3.61. The second-order valence-corrected chi connectivity index (χ2v) is 6.73. The Hall–Kier alpha value is -1.33. The van der Waals surface area contributed by atoms with Crippen molar-refractivity contribution in [3.05, 3.63) is 27.7 Å². The molecule has 0 amide bonds. The highest BCUT2D eigenvalue weighted by Crippen LogP contribution is 2.24. The maximum absolute atomic E-state index is 11.9. The molecule has 1 N–H and O–H groups in total. The minimum Gasteiger partial charge on any atom is -0.503 e. The molecule has 0 radical (unpaired) electrons. The van der Waals surface area contributed by atoms with Crippen LogP contribution in [0.4, 0.5) is 0 Å². The topological polar surface area (TPSA) is 54.7 Å². The van der Waals surface area contributed by atoms with Crippen molar-refractivity contribution in [2.24, 2.45) is 11.8 Å². The molecule has 0 aromatic carbocycles. The highest BCUT2D eigenvalue weighted by molar-refractivity contribution is 5.29. The maximum Gasteiger partial charge on any atom is 0.223 e. The molecule has 0 bridgehead atoms. The van der Waals surface area contributed by atoms with Crippen LogP contribution >= 0.6 is 0 Å². The molecule has 1 aliphatic heterocycles. The van der Waals surface area contributed by atoms with E-state index in [0.29, 0.717) is 37.2 Å². The number of pyridine rings is 1. The van der Waals surface area contributed by atoms with Gasteiger partial charge in [-0.05, 0) is 25.2 Å². The van der Waals surface area contributed by atoms with Crippen LogP contribution in [0.1, 0.15) is 31.7 Å². The number of likely N-dealkylation sites (tertiary alicyclic amines) is 1. The molecule has 1 aromatic rings. The Morgan fingerprint density at radius 3 is 2.55 bits per heavy atom. The zero-order valence-corrected chi connectivity index (χ0v) is 14.1. The van der Waals surface area contributed by atoms with E-state index >= 15 is 0 Å². The number of aromatic nitrogens is 1. The number of piperidine rings is 1. The average Bonchev–Trinajstić information content (AvgIpc) is 2.43. The monoisotopic (exact) mass is 308 g/mol. The van der Waals surface area contributed by atoms with Crippen LogP contribution in [0, 0.1) is 18.8 Å². The van der Waals surface area contributed by atoms with Crippen LogP contribution in [0.3, 0.4) is 0 Å². The number of hydrogen-bond donors (Lipinski definition) is 1. The predicted molar refractivity (Wildman–Crippen MR) is 87.2 cm³/mol. The zero-order valence-electron chi connectivity index (χ0n) is 14.1. The quantitative estimate of drug-likeness (QED) is 0.904. The molecule has 1 fully saturated rings. The maximum atomic E-state index is 11.9. The van der Waals surface area contributed by atoms with Crippen molar-refractivity contribution in [3.8, 4) is 5.75 Å². The Bertz CT molecular complexity index is 558. The number of aromatic hydroxyl groups is 1. The lowest BCUT2D eigenvalue weighted by Crippen LogP contribution is -2.39. The van der Waals surface area contributed by atoms with Crippen LogP contribution < -0.4 is 5.43 Å². The molecule has 0 saturated carbocycles. The van der Waals surface area contributed by atoms with Crippen LogP contribution in [0.15, 0.2) is 10.9 Å². The Balaban J connectivity index is 2.29. The minimum absolute atomic E-state index is 0.118. The molecular weight excluding hydrogens is 280 g/mol. The molecule has 2 heterocycles. The van der Waals surface area contributed by atoms with Crippen molar-refractivity contribution in [3.63, 3.8) is 0 Å². The number of aryl methyl sites for hydroxylation is 1. The van der Waals surface area contributed by atoms with Crippen LogP contribution in [0.2, 0.25) is 0 Å². The summed E-state index contributed by atoms with van der Waals surface area (Å²) in [6.45, 7) is 10.3. The van der Waals surface area contributed by atoms with Crippen molar-refractivity contribution in [1.29, 1.82) is 0 Å². The van der Waals surface area contributed by atoms with Crippen molar-refractivity contribution >= 4 is 0 Å². The van der Waals surface area contributed by atoms with Crippen LogP contribution in [-0.2, 0) is 17.8 Å². The summed E-state index contributed by atoms with van der Waals surface area (Å²) in [6.07, 6.45) is 1.24. The third-order valence-electron chi connectivity index (χ3n) is 4.44. The van der Waals surface area contributed by atoms with Gasteiger partial charge in [-0.1, -0.05) is 13.8 Å². The first-order valence-electron chi connectivity index (χ1n) is 8.06. The van der Waals surface area contributed by atoms with Gasteiger partial charge in [-0.3, -0.25) is 9.69 Å². The van der Waals surface area contributed by atoms with Gasteiger partial charge in [0.2, 0.25) is 5.43 Å². The summed E-state index contributed by atoms with van der Waals surface area (Å²) in [4.78, 5) is 14.3. The number of hydrogen-bond acceptors (Lipinski definition) is 4. The van der Waals surface area contributed by atoms with E-state index in [0.717, 1.165) is 18.8 Å². The smallest absolute Gasteiger partial charge is 0.223 e. The van der Waals surface area contributed by atoms with Crippen LogP contribution in [-0.4, -0.2) is 41.4 Å². The summed E-state index contributed by atoms with van der Waals surface area (Å²) in [5.41, 5.74) is 1.29. The van der Waals surface area contributed by atoms with Gasteiger partial charge in [0.15, 0.2) is 5.75 Å². The van der Waals surface area contributed by atoms with Crippen LogP contribution in [0.25, 0.3) is 0 Å². The molecule has 2 unspecified atom stereocenters. The lowest BCUT2D eigenvalue weighted by atomic mass is 9.92. The summed E-state index contributed by atoms with van der Waals surface area (Å²) in [6, 6.07) is 1.50. The number of methoxy groups -OCH3 is 1. The van der Waals surface area contributed by atoms with Gasteiger partial charge in [0, 0.05) is 45.0 Å². The molecule has 1 aromatic heterocycles. The molecule has 1 saturated heterocycles. The third kappa shape index (κ3) is 3.90. The van der Waals surface area contributed by atoms with Gasteiger partial charge in [0.25, 0.3) is 0 Å². The summed E-state index contributed by atoms with van der Waals surface area (Å²) >= 11 is 0. The van der Waals surface area contributed by atoms with Gasteiger partial charge in [-0.2, -0.15) is 0 Å². The van der Waals surface area contributed by atoms with E-state index in [2.05, 4.69) is 18.7 Å². The van der Waals surface area contributed by atoms with E-state index in [9.17, 15) is 9.90 Å². The molecule has 124 valence electrons. The molecule has 0 aliphatic carbocycles. The summed E-state index contributed by atoms with van der Waals surface area (Å²) in [5, 5.41) is 10.3. The number of rotatable bonds is 5. The lowest BCUT2D eigenvalue weighted by Gasteiger charge is -2.35. The fraction of sp³-hybridized carbons (Fsp3) is 0.706. The van der Waals surface area contributed by atoms with Gasteiger partial charge in [-0.25, -0.2) is 0 Å². The highest BCUT2D eigenvalue weighted by atomic mass is 16.5. The summed E-state index contributed by atoms with van der Waals surface area (Å²) < 4.78 is 7.16. The standard InChI is InChI=1S/C17H28N2O3/c1-12-7-13(2)10-18(9-12)11-15-17(21)16(20)8-14(3)19(15)5-6-22-4/h8,12-13,21H,5-7,9-11H2,1-4H3. The summed E-state index contributed by atoms with van der Waals surface area (Å²) in [7, 11) is 1.66. The van der Waals surface area contributed by atoms with Crippen molar-refractivity contribution in [1.82, 2.24) is 9.47 Å². The van der Waals surface area contributed by atoms with Crippen molar-refractivity contribution < 1.29 is 9.84 Å². The third-order valence-corrected chi connectivity index (χ3v) is 4.44. The highest BCUT2D eigenvalue weighted by Gasteiger charge is 2.24. The molecule has 5 nitrogen and oxygen atoms in total. The average molecular weight is 308 g/mol. The van der Waals surface area contributed by atoms with E-state index in [-0.39, 0.29) is 11.2 Å². The first-order chi connectivity index (χ1) is 10.4. The second-order valence-electron chi connectivity index (χ2n) is 6.73. The first-order valence-corrected chi connectivity index (χ1v) is 8.06. The largest absolute Gasteiger partial charge is 0.503 e. The Morgan fingerprint density at radius 1 is 1.32 bits per heavy atom. The molecular formula is C17H28N2O3. The van der Waals surface area contributed by atoms with Gasteiger partial charge >= 0.3 is 0 Å². The first kappa shape index (κ1) is 17.0.